The van der Waals surface area contributed by atoms with Gasteiger partial charge in [-0.1, -0.05) is 26.0 Å². The molecule has 2 aromatic rings. The summed E-state index contributed by atoms with van der Waals surface area (Å²) in [5, 5.41) is 8.87. The Balaban J connectivity index is 1.60. The van der Waals surface area contributed by atoms with E-state index < -0.39 is 41.3 Å². The lowest BCUT2D eigenvalue weighted by Crippen LogP contribution is -2.52. The fraction of sp³-hybridized carbons (Fsp3) is 0.391. The minimum absolute atomic E-state index is 0.0849. The Labute approximate surface area is 204 Å². The summed E-state index contributed by atoms with van der Waals surface area (Å²) in [6, 6.07) is 8.87. The molecule has 1 aromatic heterocycles. The third-order valence-corrected chi connectivity index (χ3v) is 5.39. The number of benzene rings is 1. The van der Waals surface area contributed by atoms with E-state index in [1.807, 2.05) is 12.1 Å². The summed E-state index contributed by atoms with van der Waals surface area (Å²) >= 11 is 0. The molecule has 0 aliphatic carbocycles. The molecule has 0 radical (unpaired) electrons. The van der Waals surface area contributed by atoms with Crippen molar-refractivity contribution in [3.05, 3.63) is 59.9 Å². The number of halogens is 3. The number of carbonyl (C=O) groups is 3. The molecule has 1 saturated heterocycles. The molecule has 1 unspecified atom stereocenters. The van der Waals surface area contributed by atoms with Gasteiger partial charge < -0.3 is 19.4 Å². The molecule has 1 aromatic carbocycles. The molecule has 194 valence electrons. The second kappa shape index (κ2) is 11.2. The van der Waals surface area contributed by atoms with E-state index >= 15 is 0 Å². The lowest BCUT2D eigenvalue weighted by atomic mass is 10.0. The number of hydrogen-bond donors (Lipinski definition) is 1. The van der Waals surface area contributed by atoms with Crippen LogP contribution in [0.4, 0.5) is 18.0 Å². The highest BCUT2D eigenvalue weighted by Crippen LogP contribution is 2.24. The van der Waals surface area contributed by atoms with Gasteiger partial charge in [-0.25, -0.2) is 9.59 Å². The van der Waals surface area contributed by atoms with Gasteiger partial charge in [-0.05, 0) is 46.5 Å². The first-order valence-electron chi connectivity index (χ1n) is 11.0. The van der Waals surface area contributed by atoms with Crippen LogP contribution in [0.5, 0.6) is 5.75 Å². The molecule has 13 heteroatoms. The van der Waals surface area contributed by atoms with Crippen LogP contribution in [0.15, 0.2) is 48.8 Å². The highest BCUT2D eigenvalue weighted by atomic mass is 19.4. The zero-order valence-electron chi connectivity index (χ0n) is 19.5. The maximum atomic E-state index is 13.0. The molecule has 36 heavy (non-hydrogen) atoms. The van der Waals surface area contributed by atoms with Gasteiger partial charge in [0, 0.05) is 32.0 Å². The normalized spacial score (nSPS) is 14.7. The van der Waals surface area contributed by atoms with Crippen molar-refractivity contribution in [1.29, 1.82) is 0 Å². The third kappa shape index (κ3) is 6.62. The van der Waals surface area contributed by atoms with Crippen LogP contribution in [-0.2, 0) is 27.6 Å². The first kappa shape index (κ1) is 26.7. The molecule has 0 spiro atoms. The van der Waals surface area contributed by atoms with Gasteiger partial charge in [0.25, 0.3) is 0 Å². The SMILES string of the molecule is CC(C)C(C(=O)N(O)OC(=O)C(F)(F)F)N1CCN(Cc2ccc(OCc3ccncc3)cc2)C1=O. The molecule has 1 aliphatic rings. The van der Waals surface area contributed by atoms with Gasteiger partial charge >= 0.3 is 24.1 Å². The van der Waals surface area contributed by atoms with E-state index in [-0.39, 0.29) is 19.6 Å². The number of nitrogens with zero attached hydrogens (tertiary/aromatic N) is 4. The summed E-state index contributed by atoms with van der Waals surface area (Å²) in [5.74, 6) is -4.10. The lowest BCUT2D eigenvalue weighted by molar-refractivity contribution is -0.317. The first-order chi connectivity index (χ1) is 17.0. The fourth-order valence-corrected chi connectivity index (χ4v) is 3.63. The summed E-state index contributed by atoms with van der Waals surface area (Å²) in [4.78, 5) is 46.7. The van der Waals surface area contributed by atoms with Crippen LogP contribution in [0.1, 0.15) is 25.0 Å². The van der Waals surface area contributed by atoms with Crippen molar-refractivity contribution < 1.29 is 42.3 Å². The van der Waals surface area contributed by atoms with Crippen LogP contribution in [-0.4, -0.2) is 68.4 Å². The Hall–Kier alpha value is -3.87. The van der Waals surface area contributed by atoms with Crippen molar-refractivity contribution in [2.75, 3.05) is 13.1 Å². The van der Waals surface area contributed by atoms with E-state index in [2.05, 4.69) is 9.82 Å². The van der Waals surface area contributed by atoms with Gasteiger partial charge in [-0.3, -0.25) is 15.0 Å². The van der Waals surface area contributed by atoms with Crippen LogP contribution < -0.4 is 4.74 Å². The van der Waals surface area contributed by atoms with Gasteiger partial charge in [-0.2, -0.15) is 13.2 Å². The highest BCUT2D eigenvalue weighted by molar-refractivity contribution is 5.88. The number of hydrogen-bond acceptors (Lipinski definition) is 7. The van der Waals surface area contributed by atoms with E-state index in [4.69, 9.17) is 4.74 Å². The quantitative estimate of drug-likeness (QED) is 0.429. The first-order valence-corrected chi connectivity index (χ1v) is 11.0. The van der Waals surface area contributed by atoms with Crippen LogP contribution >= 0.6 is 0 Å². The van der Waals surface area contributed by atoms with E-state index in [9.17, 15) is 32.8 Å². The number of pyridine rings is 1. The minimum Gasteiger partial charge on any atom is -0.489 e. The van der Waals surface area contributed by atoms with Crippen molar-refractivity contribution in [1.82, 2.24) is 20.0 Å². The standard InChI is InChI=1S/C23H25F3N4O6/c1-15(2)19(20(31)30(34)36-21(32)23(24,25)26)29-12-11-28(22(29)33)13-16-3-5-18(6-4-16)35-14-17-7-9-27-10-8-17/h3-10,15,19,34H,11-14H2,1-2H3. The number of amides is 3. The Morgan fingerprint density at radius 2 is 1.72 bits per heavy atom. The van der Waals surface area contributed by atoms with Crippen LogP contribution in [0.25, 0.3) is 0 Å². The largest absolute Gasteiger partial charge is 0.493 e. The van der Waals surface area contributed by atoms with Gasteiger partial charge in [0.1, 0.15) is 18.4 Å². The maximum absolute atomic E-state index is 13.0. The van der Waals surface area contributed by atoms with Crippen molar-refractivity contribution >= 4 is 17.9 Å². The summed E-state index contributed by atoms with van der Waals surface area (Å²) in [7, 11) is 0. The van der Waals surface area contributed by atoms with Crippen molar-refractivity contribution in [3.63, 3.8) is 0 Å². The number of hydroxylamine groups is 2. The van der Waals surface area contributed by atoms with Crippen molar-refractivity contribution in [2.24, 2.45) is 5.92 Å². The molecule has 3 rings (SSSR count). The molecule has 1 aliphatic heterocycles. The summed E-state index contributed by atoms with van der Waals surface area (Å²) < 4.78 is 42.9. The van der Waals surface area contributed by atoms with E-state index in [0.717, 1.165) is 16.0 Å². The lowest BCUT2D eigenvalue weighted by Gasteiger charge is -2.31. The predicted molar refractivity (Wildman–Crippen MR) is 117 cm³/mol. The number of carbonyl (C=O) groups excluding carboxylic acids is 3. The minimum atomic E-state index is -5.41. The van der Waals surface area contributed by atoms with E-state index in [0.29, 0.717) is 12.4 Å². The van der Waals surface area contributed by atoms with Gasteiger partial charge in [0.15, 0.2) is 0 Å². The number of alkyl halides is 3. The topological polar surface area (TPSA) is 113 Å². The van der Waals surface area contributed by atoms with E-state index in [1.54, 1.807) is 50.5 Å². The Morgan fingerprint density at radius 1 is 1.08 bits per heavy atom. The number of rotatable bonds is 8. The zero-order valence-corrected chi connectivity index (χ0v) is 19.5. The monoisotopic (exact) mass is 510 g/mol. The smallest absolute Gasteiger partial charge is 0.489 e. The molecule has 1 N–H and O–H groups in total. The average Bonchev–Trinajstić information content (AvgIpc) is 3.18. The Morgan fingerprint density at radius 3 is 2.31 bits per heavy atom. The van der Waals surface area contributed by atoms with Gasteiger partial charge in [-0.15, -0.1) is 0 Å². The van der Waals surface area contributed by atoms with E-state index in [1.165, 1.54) is 4.90 Å². The summed E-state index contributed by atoms with van der Waals surface area (Å²) in [6.45, 7) is 3.99. The summed E-state index contributed by atoms with van der Waals surface area (Å²) in [5.41, 5.74) is 1.75. The van der Waals surface area contributed by atoms with Crippen molar-refractivity contribution in [2.45, 2.75) is 39.2 Å². The molecular formula is C23H25F3N4O6. The zero-order chi connectivity index (χ0) is 26.5. The van der Waals surface area contributed by atoms with Gasteiger partial charge in [0.05, 0.1) is 0 Å². The van der Waals surface area contributed by atoms with Crippen LogP contribution in [0, 0.1) is 5.92 Å². The maximum Gasteiger partial charge on any atom is 0.493 e. The number of ether oxygens (including phenoxy) is 1. The molecule has 2 heterocycles. The molecular weight excluding hydrogens is 485 g/mol. The molecule has 0 saturated carbocycles. The van der Waals surface area contributed by atoms with Gasteiger partial charge in [0.2, 0.25) is 0 Å². The predicted octanol–water partition coefficient (Wildman–Crippen LogP) is 3.16. The Bertz CT molecular complexity index is 1070. The summed E-state index contributed by atoms with van der Waals surface area (Å²) in [6.07, 6.45) is -2.07. The highest BCUT2D eigenvalue weighted by Gasteiger charge is 2.46. The number of aromatic nitrogens is 1. The van der Waals surface area contributed by atoms with Crippen LogP contribution in [0.3, 0.4) is 0 Å². The second-order valence-electron chi connectivity index (χ2n) is 8.36. The van der Waals surface area contributed by atoms with Crippen molar-refractivity contribution in [3.8, 4) is 5.75 Å². The van der Waals surface area contributed by atoms with Crippen LogP contribution in [0.2, 0.25) is 0 Å². The Kier molecular flexibility index (Phi) is 8.35. The fourth-order valence-electron chi connectivity index (χ4n) is 3.63. The molecule has 10 nitrogen and oxygen atoms in total. The number of urea groups is 1. The third-order valence-electron chi connectivity index (χ3n) is 5.39. The molecule has 3 amide bonds. The molecule has 0 bridgehead atoms. The second-order valence-corrected chi connectivity index (χ2v) is 8.36. The average molecular weight is 510 g/mol. The molecule has 1 atom stereocenters. The molecule has 1 fully saturated rings.